The maximum atomic E-state index is 5.83. The van der Waals surface area contributed by atoms with Crippen LogP contribution in [-0.4, -0.2) is 26.5 Å². The normalized spacial score (nSPS) is 14.4. The van der Waals surface area contributed by atoms with Gasteiger partial charge in [0.15, 0.2) is 0 Å². The number of thiazole rings is 1. The van der Waals surface area contributed by atoms with Gasteiger partial charge in [-0.3, -0.25) is 0 Å². The van der Waals surface area contributed by atoms with E-state index < -0.39 is 0 Å². The summed E-state index contributed by atoms with van der Waals surface area (Å²) in [7, 11) is 0. The highest BCUT2D eigenvalue weighted by molar-refractivity contribution is 7.15. The molecular weight excluding hydrogens is 308 g/mol. The topological polar surface area (TPSA) is 92.5 Å². The van der Waals surface area contributed by atoms with E-state index in [9.17, 15) is 0 Å². The molecule has 23 heavy (non-hydrogen) atoms. The Morgan fingerprint density at radius 2 is 2.09 bits per heavy atom. The third kappa shape index (κ3) is 2.01. The standard InChI is InChI=1S/C16H14N6S/c17-14-4-9-10-3-8(5-20-15(10)21-12(9)6-19-14)16-22-11-1-2-18-7-13(11)23-16/h3-6,18H,1-2,7H2,(H2,17,19)(H,20,21). The summed E-state index contributed by atoms with van der Waals surface area (Å²) in [5.74, 6) is 0.514. The van der Waals surface area contributed by atoms with E-state index in [0.29, 0.717) is 5.82 Å². The molecule has 7 heteroatoms. The van der Waals surface area contributed by atoms with Crippen LogP contribution < -0.4 is 11.1 Å². The lowest BCUT2D eigenvalue weighted by molar-refractivity contribution is 0.644. The monoisotopic (exact) mass is 322 g/mol. The van der Waals surface area contributed by atoms with Gasteiger partial charge in [0.05, 0.1) is 17.4 Å². The molecule has 0 spiro atoms. The van der Waals surface area contributed by atoms with E-state index in [0.717, 1.165) is 52.0 Å². The number of hydrogen-bond acceptors (Lipinski definition) is 6. The molecule has 1 aliphatic rings. The SMILES string of the molecule is Nc1cc2c(cn1)[nH]c1ncc(-c3nc4c(s3)CNCC4)cc12. The van der Waals surface area contributed by atoms with E-state index in [1.807, 2.05) is 12.3 Å². The minimum absolute atomic E-state index is 0.514. The first-order chi connectivity index (χ1) is 11.3. The second-order valence-corrected chi connectivity index (χ2v) is 6.80. The molecule has 0 aromatic carbocycles. The van der Waals surface area contributed by atoms with Crippen LogP contribution in [0.2, 0.25) is 0 Å². The van der Waals surface area contributed by atoms with Gasteiger partial charge < -0.3 is 16.0 Å². The summed E-state index contributed by atoms with van der Waals surface area (Å²) in [6.07, 6.45) is 4.63. The Hall–Kier alpha value is -2.51. The second-order valence-electron chi connectivity index (χ2n) is 5.72. The summed E-state index contributed by atoms with van der Waals surface area (Å²) in [5.41, 5.74) is 9.89. The molecule has 0 aliphatic carbocycles. The number of aromatic nitrogens is 4. The van der Waals surface area contributed by atoms with Crippen molar-refractivity contribution in [3.05, 3.63) is 35.1 Å². The van der Waals surface area contributed by atoms with Crippen molar-refractivity contribution in [3.8, 4) is 10.6 Å². The Labute approximate surface area is 135 Å². The highest BCUT2D eigenvalue weighted by Crippen LogP contribution is 2.33. The molecule has 0 atom stereocenters. The van der Waals surface area contributed by atoms with Gasteiger partial charge >= 0.3 is 0 Å². The van der Waals surface area contributed by atoms with Gasteiger partial charge in [-0.25, -0.2) is 15.0 Å². The Balaban J connectivity index is 1.71. The summed E-state index contributed by atoms with van der Waals surface area (Å²) < 4.78 is 0. The van der Waals surface area contributed by atoms with Crippen LogP contribution in [0.1, 0.15) is 10.6 Å². The Morgan fingerprint density at radius 1 is 1.13 bits per heavy atom. The van der Waals surface area contributed by atoms with Gasteiger partial charge in [0.1, 0.15) is 16.5 Å². The number of rotatable bonds is 1. The van der Waals surface area contributed by atoms with E-state index in [-0.39, 0.29) is 0 Å². The molecule has 0 unspecified atom stereocenters. The molecule has 114 valence electrons. The van der Waals surface area contributed by atoms with Crippen molar-refractivity contribution in [2.45, 2.75) is 13.0 Å². The molecule has 4 N–H and O–H groups in total. The molecule has 1 aliphatic heterocycles. The van der Waals surface area contributed by atoms with E-state index in [4.69, 9.17) is 10.7 Å². The number of hydrogen-bond donors (Lipinski definition) is 3. The fourth-order valence-electron chi connectivity index (χ4n) is 3.06. The predicted octanol–water partition coefficient (Wildman–Crippen LogP) is 2.46. The zero-order valence-corrected chi connectivity index (χ0v) is 13.1. The van der Waals surface area contributed by atoms with Crippen molar-refractivity contribution >= 4 is 39.1 Å². The Morgan fingerprint density at radius 3 is 3.00 bits per heavy atom. The highest BCUT2D eigenvalue weighted by atomic mass is 32.1. The predicted molar refractivity (Wildman–Crippen MR) is 92.3 cm³/mol. The van der Waals surface area contributed by atoms with Crippen LogP contribution >= 0.6 is 11.3 Å². The van der Waals surface area contributed by atoms with Crippen LogP contribution in [0.5, 0.6) is 0 Å². The lowest BCUT2D eigenvalue weighted by atomic mass is 10.2. The van der Waals surface area contributed by atoms with E-state index in [1.54, 1.807) is 17.5 Å². The summed E-state index contributed by atoms with van der Waals surface area (Å²) in [5, 5.41) is 6.52. The van der Waals surface area contributed by atoms with Gasteiger partial charge in [-0.05, 0) is 12.1 Å². The van der Waals surface area contributed by atoms with Gasteiger partial charge in [-0.1, -0.05) is 0 Å². The minimum atomic E-state index is 0.514. The average Bonchev–Trinajstić information content (AvgIpc) is 3.15. The number of nitrogens with zero attached hydrogens (tertiary/aromatic N) is 3. The zero-order chi connectivity index (χ0) is 15.4. The maximum absolute atomic E-state index is 5.83. The van der Waals surface area contributed by atoms with E-state index in [2.05, 4.69) is 26.3 Å². The molecule has 0 saturated heterocycles. The van der Waals surface area contributed by atoms with Crippen molar-refractivity contribution in [1.29, 1.82) is 0 Å². The molecular formula is C16H14N6S. The molecule has 4 aromatic heterocycles. The summed E-state index contributed by atoms with van der Waals surface area (Å²) >= 11 is 1.75. The largest absolute Gasteiger partial charge is 0.384 e. The first-order valence-corrected chi connectivity index (χ1v) is 8.32. The van der Waals surface area contributed by atoms with Crippen LogP contribution in [0.4, 0.5) is 5.82 Å². The lowest BCUT2D eigenvalue weighted by Crippen LogP contribution is -2.22. The Kier molecular flexibility index (Phi) is 2.67. The molecule has 0 radical (unpaired) electrons. The summed E-state index contributed by atoms with van der Waals surface area (Å²) in [6.45, 7) is 1.92. The van der Waals surface area contributed by atoms with Gasteiger partial charge in [0.2, 0.25) is 0 Å². The van der Waals surface area contributed by atoms with Gasteiger partial charge in [0.25, 0.3) is 0 Å². The highest BCUT2D eigenvalue weighted by Gasteiger charge is 2.16. The van der Waals surface area contributed by atoms with Crippen molar-refractivity contribution in [3.63, 3.8) is 0 Å². The Bertz CT molecular complexity index is 1020. The number of anilines is 1. The molecule has 4 aromatic rings. The number of H-pyrrole nitrogens is 1. The average molecular weight is 322 g/mol. The van der Waals surface area contributed by atoms with Crippen LogP contribution in [0.15, 0.2) is 24.5 Å². The number of fused-ring (bicyclic) bond motifs is 4. The van der Waals surface area contributed by atoms with Crippen LogP contribution in [0, 0.1) is 0 Å². The quantitative estimate of drug-likeness (QED) is 0.500. The van der Waals surface area contributed by atoms with Gasteiger partial charge in [-0.2, -0.15) is 0 Å². The van der Waals surface area contributed by atoms with Crippen LogP contribution in [0.3, 0.4) is 0 Å². The molecule has 0 saturated carbocycles. The molecule has 5 rings (SSSR count). The molecule has 5 heterocycles. The van der Waals surface area contributed by atoms with Crippen LogP contribution in [-0.2, 0) is 13.0 Å². The molecule has 0 fully saturated rings. The van der Waals surface area contributed by atoms with Crippen molar-refractivity contribution in [1.82, 2.24) is 25.3 Å². The third-order valence-corrected chi connectivity index (χ3v) is 5.35. The fourth-order valence-corrected chi connectivity index (χ4v) is 4.12. The third-order valence-electron chi connectivity index (χ3n) is 4.21. The fraction of sp³-hybridized carbons (Fsp3) is 0.188. The number of nitrogen functional groups attached to an aromatic ring is 1. The van der Waals surface area contributed by atoms with Crippen molar-refractivity contribution < 1.29 is 0 Å². The van der Waals surface area contributed by atoms with E-state index in [1.165, 1.54) is 10.6 Å². The number of nitrogens with two attached hydrogens (primary N) is 1. The smallest absolute Gasteiger partial charge is 0.138 e. The lowest BCUT2D eigenvalue weighted by Gasteiger charge is -2.09. The number of nitrogens with one attached hydrogen (secondary N) is 2. The molecule has 0 amide bonds. The first kappa shape index (κ1) is 13.0. The summed E-state index contributed by atoms with van der Waals surface area (Å²) in [6, 6.07) is 4.02. The maximum Gasteiger partial charge on any atom is 0.138 e. The van der Waals surface area contributed by atoms with Gasteiger partial charge in [0, 0.05) is 46.9 Å². The zero-order valence-electron chi connectivity index (χ0n) is 12.3. The number of pyridine rings is 2. The second kappa shape index (κ2) is 4.74. The summed E-state index contributed by atoms with van der Waals surface area (Å²) in [4.78, 5) is 18.1. The van der Waals surface area contributed by atoms with Crippen LogP contribution in [0.25, 0.3) is 32.5 Å². The van der Waals surface area contributed by atoms with Crippen molar-refractivity contribution in [2.75, 3.05) is 12.3 Å². The van der Waals surface area contributed by atoms with Crippen molar-refractivity contribution in [2.24, 2.45) is 0 Å². The van der Waals surface area contributed by atoms with E-state index >= 15 is 0 Å². The van der Waals surface area contributed by atoms with Gasteiger partial charge in [-0.15, -0.1) is 11.3 Å². The first-order valence-electron chi connectivity index (χ1n) is 7.50. The minimum Gasteiger partial charge on any atom is -0.384 e. The molecule has 0 bridgehead atoms. The number of aromatic amines is 1. The molecule has 6 nitrogen and oxygen atoms in total.